The van der Waals surface area contributed by atoms with Crippen LogP contribution in [-0.4, -0.2) is 41.0 Å². The van der Waals surface area contributed by atoms with Gasteiger partial charge in [-0.05, 0) is 31.3 Å². The molecule has 0 aliphatic carbocycles. The van der Waals surface area contributed by atoms with E-state index in [0.717, 1.165) is 31.8 Å². The number of thioether (sulfide) groups is 1. The fraction of sp³-hybridized carbons (Fsp3) is 0.750. The van der Waals surface area contributed by atoms with Crippen molar-refractivity contribution in [3.63, 3.8) is 0 Å². The highest BCUT2D eigenvalue weighted by Gasteiger charge is 2.16. The molecule has 0 saturated carbocycles. The molecule has 0 spiro atoms. The molecule has 2 heterocycles. The maximum Gasteiger partial charge on any atom is 0.0771 e. The van der Waals surface area contributed by atoms with Crippen LogP contribution in [-0.2, 0) is 11.3 Å². The summed E-state index contributed by atoms with van der Waals surface area (Å²) in [5, 5.41) is 7.73. The van der Waals surface area contributed by atoms with Crippen molar-refractivity contribution in [2.24, 2.45) is 0 Å². The van der Waals surface area contributed by atoms with E-state index < -0.39 is 0 Å². The Hall–Kier alpha value is -0.680. The van der Waals surface area contributed by atoms with Crippen molar-refractivity contribution < 1.29 is 4.74 Å². The van der Waals surface area contributed by atoms with Gasteiger partial charge in [0.1, 0.15) is 0 Å². The van der Waals surface area contributed by atoms with Crippen molar-refractivity contribution in [2.45, 2.75) is 31.9 Å². The summed E-state index contributed by atoms with van der Waals surface area (Å²) >= 11 is 1.89. The van der Waals surface area contributed by atoms with Crippen LogP contribution >= 0.6 is 11.8 Å². The zero-order valence-corrected chi connectivity index (χ0v) is 11.2. The topological polar surface area (TPSA) is 39.1 Å². The summed E-state index contributed by atoms with van der Waals surface area (Å²) in [4.78, 5) is 0. The van der Waals surface area contributed by atoms with Gasteiger partial charge >= 0.3 is 0 Å². The molecule has 96 valence electrons. The molecule has 1 aromatic rings. The van der Waals surface area contributed by atoms with Gasteiger partial charge in [0.15, 0.2) is 0 Å². The molecule has 1 aromatic heterocycles. The van der Waals surface area contributed by atoms with E-state index in [9.17, 15) is 0 Å². The molecule has 0 amide bonds. The summed E-state index contributed by atoms with van der Waals surface area (Å²) in [6, 6.07) is 0. The van der Waals surface area contributed by atoms with Crippen LogP contribution in [0.1, 0.15) is 19.3 Å². The van der Waals surface area contributed by atoms with Crippen molar-refractivity contribution >= 4 is 17.4 Å². The second-order valence-electron chi connectivity index (χ2n) is 4.36. The van der Waals surface area contributed by atoms with Crippen LogP contribution in [0.25, 0.3) is 0 Å². The van der Waals surface area contributed by atoms with Crippen LogP contribution in [0.3, 0.4) is 0 Å². The first-order valence-electron chi connectivity index (χ1n) is 6.25. The third kappa shape index (κ3) is 4.24. The van der Waals surface area contributed by atoms with Gasteiger partial charge in [0.25, 0.3) is 0 Å². The summed E-state index contributed by atoms with van der Waals surface area (Å²) in [6.07, 6.45) is 10.0. The van der Waals surface area contributed by atoms with E-state index in [4.69, 9.17) is 4.74 Å². The Kier molecular flexibility index (Phi) is 5.19. The summed E-state index contributed by atoms with van der Waals surface area (Å²) in [7, 11) is 0. The van der Waals surface area contributed by atoms with E-state index in [0.29, 0.717) is 6.10 Å². The minimum absolute atomic E-state index is 0.360. The van der Waals surface area contributed by atoms with E-state index in [1.165, 1.54) is 18.6 Å². The first kappa shape index (κ1) is 12.8. The van der Waals surface area contributed by atoms with E-state index in [1.54, 1.807) is 0 Å². The van der Waals surface area contributed by atoms with Crippen molar-refractivity contribution in [1.29, 1.82) is 0 Å². The molecule has 1 saturated heterocycles. The van der Waals surface area contributed by atoms with Gasteiger partial charge in [0.05, 0.1) is 24.5 Å². The van der Waals surface area contributed by atoms with Gasteiger partial charge in [-0.15, -0.1) is 0 Å². The Bertz CT molecular complexity index is 323. The van der Waals surface area contributed by atoms with Gasteiger partial charge in [-0.2, -0.15) is 16.9 Å². The van der Waals surface area contributed by atoms with Crippen LogP contribution < -0.4 is 5.32 Å². The molecular weight excluding hydrogens is 234 g/mol. The Morgan fingerprint density at radius 1 is 1.65 bits per heavy atom. The zero-order valence-electron chi connectivity index (χ0n) is 10.4. The summed E-state index contributed by atoms with van der Waals surface area (Å²) in [5.41, 5.74) is 1.11. The number of ether oxygens (including phenoxy) is 1. The number of nitrogens with zero attached hydrogens (tertiary/aromatic N) is 2. The molecule has 0 bridgehead atoms. The van der Waals surface area contributed by atoms with Crippen LogP contribution in [0, 0.1) is 0 Å². The van der Waals surface area contributed by atoms with Crippen molar-refractivity contribution in [3.8, 4) is 0 Å². The third-order valence-corrected chi connectivity index (χ3v) is 3.60. The highest BCUT2D eigenvalue weighted by molar-refractivity contribution is 7.98. The van der Waals surface area contributed by atoms with Crippen molar-refractivity contribution in [3.05, 3.63) is 12.4 Å². The maximum atomic E-state index is 5.60. The van der Waals surface area contributed by atoms with Crippen LogP contribution in [0.5, 0.6) is 0 Å². The fourth-order valence-electron chi connectivity index (χ4n) is 2.00. The van der Waals surface area contributed by atoms with Crippen LogP contribution in [0.4, 0.5) is 5.69 Å². The lowest BCUT2D eigenvalue weighted by Gasteiger charge is -2.08. The average Bonchev–Trinajstić information content (AvgIpc) is 2.97. The van der Waals surface area contributed by atoms with Gasteiger partial charge < -0.3 is 10.1 Å². The molecule has 1 atom stereocenters. The predicted octanol–water partition coefficient (Wildman–Crippen LogP) is 2.23. The summed E-state index contributed by atoms with van der Waals surface area (Å²) < 4.78 is 7.57. The predicted molar refractivity (Wildman–Crippen MR) is 72.7 cm³/mol. The number of nitrogens with one attached hydrogen (secondary N) is 1. The molecular formula is C12H21N3OS. The minimum atomic E-state index is 0.360. The molecule has 4 nitrogen and oxygen atoms in total. The van der Waals surface area contributed by atoms with E-state index in [2.05, 4.69) is 22.9 Å². The lowest BCUT2D eigenvalue weighted by Crippen LogP contribution is -2.15. The first-order valence-corrected chi connectivity index (χ1v) is 7.65. The fourth-order valence-corrected chi connectivity index (χ4v) is 2.43. The van der Waals surface area contributed by atoms with Gasteiger partial charge in [-0.3, -0.25) is 4.68 Å². The highest BCUT2D eigenvalue weighted by atomic mass is 32.2. The van der Waals surface area contributed by atoms with E-state index >= 15 is 0 Å². The Balaban J connectivity index is 1.71. The first-order chi connectivity index (χ1) is 8.38. The van der Waals surface area contributed by atoms with Gasteiger partial charge in [0, 0.05) is 19.3 Å². The van der Waals surface area contributed by atoms with Crippen molar-refractivity contribution in [2.75, 3.05) is 30.5 Å². The summed E-state index contributed by atoms with van der Waals surface area (Å²) in [5.74, 6) is 1.21. The second kappa shape index (κ2) is 6.91. The lowest BCUT2D eigenvalue weighted by atomic mass is 10.2. The van der Waals surface area contributed by atoms with Crippen molar-refractivity contribution in [1.82, 2.24) is 9.78 Å². The normalized spacial score (nSPS) is 19.7. The maximum absolute atomic E-state index is 5.60. The van der Waals surface area contributed by atoms with Crippen LogP contribution in [0.15, 0.2) is 12.4 Å². The SMILES string of the molecule is CSCCCNc1cnn(CC2CCCO2)c1. The third-order valence-electron chi connectivity index (χ3n) is 2.90. The molecule has 1 N–H and O–H groups in total. The smallest absolute Gasteiger partial charge is 0.0771 e. The largest absolute Gasteiger partial charge is 0.382 e. The Morgan fingerprint density at radius 2 is 2.59 bits per heavy atom. The number of hydrogen-bond donors (Lipinski definition) is 1. The molecule has 0 aromatic carbocycles. The minimum Gasteiger partial charge on any atom is -0.382 e. The molecule has 1 fully saturated rings. The van der Waals surface area contributed by atoms with E-state index in [-0.39, 0.29) is 0 Å². The molecule has 1 unspecified atom stereocenters. The molecule has 0 radical (unpaired) electrons. The monoisotopic (exact) mass is 255 g/mol. The number of hydrogen-bond acceptors (Lipinski definition) is 4. The number of rotatable bonds is 7. The van der Waals surface area contributed by atoms with Gasteiger partial charge in [0.2, 0.25) is 0 Å². The summed E-state index contributed by atoms with van der Waals surface area (Å²) in [6.45, 7) is 2.81. The molecule has 5 heteroatoms. The van der Waals surface area contributed by atoms with Crippen LogP contribution in [0.2, 0.25) is 0 Å². The molecule has 2 rings (SSSR count). The lowest BCUT2D eigenvalue weighted by molar-refractivity contribution is 0.0940. The Labute approximate surface area is 107 Å². The van der Waals surface area contributed by atoms with E-state index in [1.807, 2.05) is 22.6 Å². The molecule has 1 aliphatic heterocycles. The molecule has 17 heavy (non-hydrogen) atoms. The van der Waals surface area contributed by atoms with Gasteiger partial charge in [-0.1, -0.05) is 0 Å². The van der Waals surface area contributed by atoms with Gasteiger partial charge in [-0.25, -0.2) is 0 Å². The Morgan fingerprint density at radius 3 is 3.35 bits per heavy atom. The quantitative estimate of drug-likeness (QED) is 0.758. The highest BCUT2D eigenvalue weighted by Crippen LogP contribution is 2.14. The number of aromatic nitrogens is 2. The average molecular weight is 255 g/mol. The standard InChI is InChI=1S/C12H21N3OS/c1-17-7-3-5-13-11-8-14-15(9-11)10-12-4-2-6-16-12/h8-9,12-13H,2-7,10H2,1H3. The zero-order chi connectivity index (χ0) is 11.9. The second-order valence-corrected chi connectivity index (χ2v) is 5.34. The molecule has 1 aliphatic rings. The number of anilines is 1.